The quantitative estimate of drug-likeness (QED) is 0.827. The number of anilines is 1. The fraction of sp³-hybridized carbons (Fsp3) is 0.667. The highest BCUT2D eigenvalue weighted by Gasteiger charge is 2.43. The van der Waals surface area contributed by atoms with Crippen molar-refractivity contribution < 1.29 is 4.79 Å². The number of piperidine rings is 1. The van der Waals surface area contributed by atoms with Gasteiger partial charge in [0.05, 0.1) is 6.04 Å². The van der Waals surface area contributed by atoms with Crippen molar-refractivity contribution in [3.8, 4) is 0 Å². The summed E-state index contributed by atoms with van der Waals surface area (Å²) < 4.78 is 0. The summed E-state index contributed by atoms with van der Waals surface area (Å²) in [6.45, 7) is 10.7. The zero-order valence-electron chi connectivity index (χ0n) is 15.9. The Labute approximate surface area is 151 Å². The van der Waals surface area contributed by atoms with Gasteiger partial charge >= 0.3 is 0 Å². The summed E-state index contributed by atoms with van der Waals surface area (Å²) in [6, 6.07) is 7.94. The lowest BCUT2D eigenvalue weighted by Crippen LogP contribution is -2.62. The largest absolute Gasteiger partial charge is 0.371 e. The summed E-state index contributed by atoms with van der Waals surface area (Å²) in [7, 11) is 0. The topological polar surface area (TPSA) is 26.8 Å². The molecule has 3 aliphatic heterocycles. The van der Waals surface area contributed by atoms with Crippen LogP contribution in [0.3, 0.4) is 0 Å². The van der Waals surface area contributed by atoms with Gasteiger partial charge in [-0.1, -0.05) is 6.07 Å². The highest BCUT2D eigenvalue weighted by molar-refractivity contribution is 5.83. The number of aryl methyl sites for hydroxylation is 2. The van der Waals surface area contributed by atoms with E-state index in [9.17, 15) is 4.79 Å². The van der Waals surface area contributed by atoms with Crippen LogP contribution in [0, 0.1) is 13.8 Å². The summed E-state index contributed by atoms with van der Waals surface area (Å²) in [6.07, 6.45) is 4.70. The minimum absolute atomic E-state index is 0.0621. The summed E-state index contributed by atoms with van der Waals surface area (Å²) >= 11 is 0. The van der Waals surface area contributed by atoms with Gasteiger partial charge in [0.1, 0.15) is 0 Å². The molecule has 3 aliphatic rings. The second kappa shape index (κ2) is 6.64. The van der Waals surface area contributed by atoms with E-state index in [0.29, 0.717) is 18.0 Å². The van der Waals surface area contributed by atoms with E-state index in [1.54, 1.807) is 0 Å². The van der Waals surface area contributed by atoms with Crippen LogP contribution in [0.5, 0.6) is 0 Å². The zero-order chi connectivity index (χ0) is 17.6. The lowest BCUT2D eigenvalue weighted by atomic mass is 9.97. The summed E-state index contributed by atoms with van der Waals surface area (Å²) in [4.78, 5) is 19.9. The van der Waals surface area contributed by atoms with Gasteiger partial charge in [-0.05, 0) is 69.7 Å². The second-order valence-corrected chi connectivity index (χ2v) is 8.26. The van der Waals surface area contributed by atoms with Crippen LogP contribution < -0.4 is 4.90 Å². The Balaban J connectivity index is 1.42. The lowest BCUT2D eigenvalue weighted by molar-refractivity contribution is -0.145. The molecule has 0 unspecified atom stereocenters. The predicted octanol–water partition coefficient (Wildman–Crippen LogP) is 2.97. The van der Waals surface area contributed by atoms with Crippen molar-refractivity contribution in [1.82, 2.24) is 9.80 Å². The molecule has 0 spiro atoms. The van der Waals surface area contributed by atoms with E-state index in [-0.39, 0.29) is 6.04 Å². The number of rotatable bonds is 2. The molecule has 0 saturated carbocycles. The van der Waals surface area contributed by atoms with Crippen LogP contribution in [0.4, 0.5) is 5.69 Å². The number of carbonyl (C=O) groups excluding carboxylic acids is 1. The Hall–Kier alpha value is -1.55. The molecule has 1 aromatic carbocycles. The van der Waals surface area contributed by atoms with Gasteiger partial charge in [-0.25, -0.2) is 0 Å². The summed E-state index contributed by atoms with van der Waals surface area (Å²) in [5.41, 5.74) is 4.04. The first kappa shape index (κ1) is 16.9. The molecule has 0 aliphatic carbocycles. The minimum Gasteiger partial charge on any atom is -0.371 e. The molecular weight excluding hydrogens is 310 g/mol. The first-order valence-corrected chi connectivity index (χ1v) is 9.92. The van der Waals surface area contributed by atoms with Crippen LogP contribution in [0.2, 0.25) is 0 Å². The number of fused-ring (bicyclic) bond motifs is 1. The van der Waals surface area contributed by atoms with Crippen molar-refractivity contribution in [3.05, 3.63) is 29.3 Å². The third kappa shape index (κ3) is 3.17. The number of nitrogens with zero attached hydrogens (tertiary/aromatic N) is 3. The highest BCUT2D eigenvalue weighted by atomic mass is 16.2. The van der Waals surface area contributed by atoms with Gasteiger partial charge in [0.15, 0.2) is 0 Å². The van der Waals surface area contributed by atoms with Crippen LogP contribution in [0.1, 0.15) is 43.7 Å². The number of amides is 1. The van der Waals surface area contributed by atoms with E-state index < -0.39 is 0 Å². The van der Waals surface area contributed by atoms with E-state index in [2.05, 4.69) is 53.7 Å². The van der Waals surface area contributed by atoms with Gasteiger partial charge in [-0.3, -0.25) is 9.69 Å². The fourth-order valence-corrected chi connectivity index (χ4v) is 5.15. The molecule has 1 amide bonds. The molecule has 3 fully saturated rings. The molecule has 4 rings (SSSR count). The van der Waals surface area contributed by atoms with Crippen molar-refractivity contribution in [2.24, 2.45) is 0 Å². The molecular formula is C21H31N3O. The minimum atomic E-state index is 0.0621. The predicted molar refractivity (Wildman–Crippen MR) is 102 cm³/mol. The average molecular weight is 341 g/mol. The maximum absolute atomic E-state index is 12.7. The van der Waals surface area contributed by atoms with Crippen molar-refractivity contribution >= 4 is 11.6 Å². The maximum atomic E-state index is 12.7. The van der Waals surface area contributed by atoms with Gasteiger partial charge in [0, 0.05) is 44.0 Å². The van der Waals surface area contributed by atoms with Crippen LogP contribution in [-0.2, 0) is 4.79 Å². The average Bonchev–Trinajstić information content (AvgIpc) is 3.06. The molecule has 0 aromatic heterocycles. The van der Waals surface area contributed by atoms with Crippen LogP contribution in [0.15, 0.2) is 18.2 Å². The van der Waals surface area contributed by atoms with E-state index in [1.165, 1.54) is 29.7 Å². The third-order valence-electron chi connectivity index (χ3n) is 6.44. The Morgan fingerprint density at radius 1 is 0.920 bits per heavy atom. The smallest absolute Gasteiger partial charge is 0.239 e. The molecule has 0 N–H and O–H groups in total. The van der Waals surface area contributed by atoms with Crippen LogP contribution >= 0.6 is 0 Å². The van der Waals surface area contributed by atoms with Crippen molar-refractivity contribution in [3.63, 3.8) is 0 Å². The van der Waals surface area contributed by atoms with Gasteiger partial charge in [0.25, 0.3) is 0 Å². The summed E-state index contributed by atoms with van der Waals surface area (Å²) in [5, 5.41) is 0. The van der Waals surface area contributed by atoms with Gasteiger partial charge in [-0.2, -0.15) is 0 Å². The molecule has 2 atom stereocenters. The third-order valence-corrected chi connectivity index (χ3v) is 6.44. The number of hydrogen-bond donors (Lipinski definition) is 0. The Bertz CT molecular complexity index is 630. The van der Waals surface area contributed by atoms with Gasteiger partial charge < -0.3 is 9.80 Å². The number of hydrogen-bond acceptors (Lipinski definition) is 3. The zero-order valence-corrected chi connectivity index (χ0v) is 15.9. The van der Waals surface area contributed by atoms with Crippen molar-refractivity contribution in [2.45, 2.75) is 64.6 Å². The molecule has 25 heavy (non-hydrogen) atoms. The maximum Gasteiger partial charge on any atom is 0.239 e. The first-order valence-electron chi connectivity index (χ1n) is 9.92. The monoisotopic (exact) mass is 341 g/mol. The molecule has 0 bridgehead atoms. The van der Waals surface area contributed by atoms with Gasteiger partial charge in [-0.15, -0.1) is 0 Å². The SMILES string of the molecule is Cc1cc(C)cc(N2CCC(N3C[C@H]4CCCN4C(=O)[C@H]3C)CC2)c1. The fourth-order valence-electron chi connectivity index (χ4n) is 5.15. The Morgan fingerprint density at radius 3 is 2.28 bits per heavy atom. The van der Waals surface area contributed by atoms with Crippen molar-refractivity contribution in [1.29, 1.82) is 0 Å². The van der Waals surface area contributed by atoms with E-state index in [4.69, 9.17) is 0 Å². The molecule has 136 valence electrons. The highest BCUT2D eigenvalue weighted by Crippen LogP contribution is 2.31. The van der Waals surface area contributed by atoms with E-state index in [0.717, 1.165) is 39.0 Å². The van der Waals surface area contributed by atoms with E-state index >= 15 is 0 Å². The lowest BCUT2D eigenvalue weighted by Gasteiger charge is -2.47. The number of benzene rings is 1. The molecule has 4 heteroatoms. The molecule has 0 radical (unpaired) electrons. The Morgan fingerprint density at radius 2 is 1.60 bits per heavy atom. The number of piperazine rings is 1. The van der Waals surface area contributed by atoms with Gasteiger partial charge in [0.2, 0.25) is 5.91 Å². The van der Waals surface area contributed by atoms with Crippen LogP contribution in [0.25, 0.3) is 0 Å². The standard InChI is InChI=1S/C21H31N3O/c1-15-11-16(2)13-20(12-15)22-9-6-18(7-10-22)24-14-19-5-4-8-23(19)21(25)17(24)3/h11-13,17-19H,4-10,14H2,1-3H3/t17-,19-/m1/s1. The van der Waals surface area contributed by atoms with E-state index in [1.807, 2.05) is 0 Å². The number of carbonyl (C=O) groups is 1. The second-order valence-electron chi connectivity index (χ2n) is 8.26. The molecule has 1 aromatic rings. The normalized spacial score (nSPS) is 28.5. The molecule has 4 nitrogen and oxygen atoms in total. The summed E-state index contributed by atoms with van der Waals surface area (Å²) in [5.74, 6) is 0.366. The molecule has 3 heterocycles. The molecule has 3 saturated heterocycles. The Kier molecular flexibility index (Phi) is 4.48. The van der Waals surface area contributed by atoms with Crippen LogP contribution in [-0.4, -0.2) is 60.0 Å². The first-order chi connectivity index (χ1) is 12.0. The van der Waals surface area contributed by atoms with Crippen molar-refractivity contribution in [2.75, 3.05) is 31.1 Å².